The number of para-hydroxylation sites is 1. The number of carbonyl (C=O) groups is 3. The molecular weight excluding hydrogens is 350 g/mol. The molecule has 138 valence electrons. The van der Waals surface area contributed by atoms with Gasteiger partial charge in [0.05, 0.1) is 11.5 Å². The van der Waals surface area contributed by atoms with Gasteiger partial charge >= 0.3 is 0 Å². The minimum Gasteiger partial charge on any atom is -0.348 e. The van der Waals surface area contributed by atoms with Gasteiger partial charge in [-0.1, -0.05) is 30.3 Å². The summed E-state index contributed by atoms with van der Waals surface area (Å²) >= 11 is 0. The number of rotatable bonds is 6. The number of likely N-dealkylation sites (tertiary alicyclic amines) is 1. The Kier molecular flexibility index (Phi) is 5.25. The maximum atomic E-state index is 12.3. The number of imide groups is 1. The molecule has 0 saturated carbocycles. The fourth-order valence-corrected chi connectivity index (χ4v) is 2.86. The molecule has 1 heterocycles. The maximum Gasteiger partial charge on any atom is 0.274 e. The Hall–Kier alpha value is -3.55. The molecule has 1 saturated heterocycles. The highest BCUT2D eigenvalue weighted by molar-refractivity contribution is 6.01. The van der Waals surface area contributed by atoms with Crippen molar-refractivity contribution in [3.05, 3.63) is 75.3 Å². The number of nitro groups is 1. The third kappa shape index (κ3) is 4.17. The molecule has 1 N–H and O–H groups in total. The summed E-state index contributed by atoms with van der Waals surface area (Å²) < 4.78 is 0. The lowest BCUT2D eigenvalue weighted by Gasteiger charge is -2.14. The largest absolute Gasteiger partial charge is 0.348 e. The molecule has 1 aliphatic rings. The third-order valence-electron chi connectivity index (χ3n) is 4.34. The molecule has 8 nitrogen and oxygen atoms in total. The summed E-state index contributed by atoms with van der Waals surface area (Å²) in [5.41, 5.74) is 1.50. The van der Waals surface area contributed by atoms with E-state index in [0.717, 1.165) is 5.56 Å². The number of nitro benzene ring substituents is 1. The van der Waals surface area contributed by atoms with Crippen molar-refractivity contribution in [2.24, 2.45) is 0 Å². The second-order valence-electron chi connectivity index (χ2n) is 6.14. The summed E-state index contributed by atoms with van der Waals surface area (Å²) in [7, 11) is 0. The van der Waals surface area contributed by atoms with Gasteiger partial charge in [0.1, 0.15) is 0 Å². The van der Waals surface area contributed by atoms with E-state index in [1.165, 1.54) is 11.0 Å². The first kappa shape index (κ1) is 18.2. The topological polar surface area (TPSA) is 110 Å². The number of hydrogen-bond donors (Lipinski definition) is 1. The molecule has 1 aliphatic heterocycles. The van der Waals surface area contributed by atoms with Crippen LogP contribution in [0.15, 0.2) is 48.5 Å². The smallest absolute Gasteiger partial charge is 0.274 e. The van der Waals surface area contributed by atoms with Crippen molar-refractivity contribution in [2.75, 3.05) is 0 Å². The summed E-state index contributed by atoms with van der Waals surface area (Å²) in [6, 6.07) is 12.8. The number of carbonyl (C=O) groups excluding carboxylic acids is 3. The first-order chi connectivity index (χ1) is 13.0. The van der Waals surface area contributed by atoms with Crippen molar-refractivity contribution in [3.63, 3.8) is 0 Å². The van der Waals surface area contributed by atoms with E-state index in [2.05, 4.69) is 5.32 Å². The molecule has 0 aliphatic carbocycles. The van der Waals surface area contributed by atoms with Crippen molar-refractivity contribution in [1.82, 2.24) is 10.2 Å². The van der Waals surface area contributed by atoms with Gasteiger partial charge in [0.15, 0.2) is 0 Å². The minimum atomic E-state index is -0.489. The van der Waals surface area contributed by atoms with Crippen LogP contribution in [0.3, 0.4) is 0 Å². The van der Waals surface area contributed by atoms with Crippen LogP contribution >= 0.6 is 0 Å². The van der Waals surface area contributed by atoms with Crippen LogP contribution in [0.25, 0.3) is 0 Å². The molecular formula is C19H17N3O5. The highest BCUT2D eigenvalue weighted by Gasteiger charge is 2.28. The number of nitrogens with zero attached hydrogens (tertiary/aromatic N) is 2. The molecule has 0 bridgehead atoms. The Morgan fingerprint density at radius 3 is 2.30 bits per heavy atom. The van der Waals surface area contributed by atoms with Gasteiger partial charge in [-0.2, -0.15) is 0 Å². The predicted molar refractivity (Wildman–Crippen MR) is 95.5 cm³/mol. The second-order valence-corrected chi connectivity index (χ2v) is 6.14. The van der Waals surface area contributed by atoms with Gasteiger partial charge in [-0.15, -0.1) is 0 Å². The van der Waals surface area contributed by atoms with Crippen molar-refractivity contribution in [2.45, 2.75) is 25.9 Å². The Balaban J connectivity index is 1.62. The molecule has 0 spiro atoms. The van der Waals surface area contributed by atoms with Crippen LogP contribution in [-0.2, 0) is 22.7 Å². The zero-order chi connectivity index (χ0) is 19.4. The Bertz CT molecular complexity index is 892. The molecule has 0 atom stereocenters. The Labute approximate surface area is 154 Å². The van der Waals surface area contributed by atoms with Gasteiger partial charge in [-0.25, -0.2) is 0 Å². The minimum absolute atomic E-state index is 0.0362. The lowest BCUT2D eigenvalue weighted by Crippen LogP contribution is -2.28. The average molecular weight is 367 g/mol. The van der Waals surface area contributed by atoms with E-state index >= 15 is 0 Å². The zero-order valence-electron chi connectivity index (χ0n) is 14.4. The summed E-state index contributed by atoms with van der Waals surface area (Å²) in [6.07, 6.45) is 0.482. The first-order valence-electron chi connectivity index (χ1n) is 8.38. The van der Waals surface area contributed by atoms with E-state index < -0.39 is 4.92 Å². The second kappa shape index (κ2) is 7.77. The van der Waals surface area contributed by atoms with Crippen LogP contribution in [0.4, 0.5) is 5.69 Å². The Morgan fingerprint density at radius 1 is 1.04 bits per heavy atom. The van der Waals surface area contributed by atoms with Crippen LogP contribution < -0.4 is 5.32 Å². The molecule has 0 unspecified atom stereocenters. The van der Waals surface area contributed by atoms with E-state index in [1.807, 2.05) is 0 Å². The number of nitrogens with one attached hydrogen (secondary N) is 1. The standard InChI is InChI=1S/C19H17N3O5/c23-17-9-10-18(24)21(17)12-13-5-7-14(8-6-13)19(25)20-11-15-3-1-2-4-16(15)22(26)27/h1-8H,9-12H2,(H,20,25). The van der Waals surface area contributed by atoms with E-state index in [4.69, 9.17) is 0 Å². The van der Waals surface area contributed by atoms with E-state index in [9.17, 15) is 24.5 Å². The number of amides is 3. The lowest BCUT2D eigenvalue weighted by atomic mass is 10.1. The third-order valence-corrected chi connectivity index (χ3v) is 4.34. The number of hydrogen-bond acceptors (Lipinski definition) is 5. The van der Waals surface area contributed by atoms with Crippen LogP contribution in [-0.4, -0.2) is 27.5 Å². The average Bonchev–Trinajstić information content (AvgIpc) is 2.99. The van der Waals surface area contributed by atoms with Crippen LogP contribution in [0.1, 0.15) is 34.3 Å². The van der Waals surface area contributed by atoms with Crippen LogP contribution in [0, 0.1) is 10.1 Å². The monoisotopic (exact) mass is 367 g/mol. The predicted octanol–water partition coefficient (Wildman–Crippen LogP) is 2.17. The Morgan fingerprint density at radius 2 is 1.67 bits per heavy atom. The van der Waals surface area contributed by atoms with Gasteiger partial charge in [-0.3, -0.25) is 29.4 Å². The van der Waals surface area contributed by atoms with Gasteiger partial charge in [0, 0.05) is 36.6 Å². The first-order valence-corrected chi connectivity index (χ1v) is 8.38. The molecule has 8 heteroatoms. The van der Waals surface area contributed by atoms with Gasteiger partial charge < -0.3 is 5.32 Å². The molecule has 0 radical (unpaired) electrons. The molecule has 2 aromatic carbocycles. The quantitative estimate of drug-likeness (QED) is 0.478. The molecule has 3 amide bonds. The fraction of sp³-hybridized carbons (Fsp3) is 0.211. The van der Waals surface area contributed by atoms with E-state index in [-0.39, 0.29) is 49.3 Å². The number of benzene rings is 2. The maximum absolute atomic E-state index is 12.3. The van der Waals surface area contributed by atoms with Crippen molar-refractivity contribution < 1.29 is 19.3 Å². The molecule has 3 rings (SSSR count). The SMILES string of the molecule is O=C(NCc1ccccc1[N+](=O)[O-])c1ccc(CN2C(=O)CCC2=O)cc1. The molecule has 27 heavy (non-hydrogen) atoms. The van der Waals surface area contributed by atoms with Crippen molar-refractivity contribution >= 4 is 23.4 Å². The summed E-state index contributed by atoms with van der Waals surface area (Å²) in [5, 5.41) is 13.7. The molecule has 2 aromatic rings. The van der Waals surface area contributed by atoms with Gasteiger partial charge in [0.25, 0.3) is 11.6 Å². The van der Waals surface area contributed by atoms with Gasteiger partial charge in [-0.05, 0) is 17.7 Å². The normalized spacial score (nSPS) is 13.7. The van der Waals surface area contributed by atoms with Crippen LogP contribution in [0.2, 0.25) is 0 Å². The molecule has 0 aromatic heterocycles. The van der Waals surface area contributed by atoms with Gasteiger partial charge in [0.2, 0.25) is 11.8 Å². The van der Waals surface area contributed by atoms with E-state index in [1.54, 1.807) is 42.5 Å². The summed E-state index contributed by atoms with van der Waals surface area (Å²) in [4.78, 5) is 47.3. The summed E-state index contributed by atoms with van der Waals surface area (Å²) in [6.45, 7) is 0.226. The molecule has 1 fully saturated rings. The van der Waals surface area contributed by atoms with Crippen molar-refractivity contribution in [3.8, 4) is 0 Å². The lowest BCUT2D eigenvalue weighted by molar-refractivity contribution is -0.385. The zero-order valence-corrected chi connectivity index (χ0v) is 14.4. The van der Waals surface area contributed by atoms with E-state index in [0.29, 0.717) is 11.1 Å². The summed E-state index contributed by atoms with van der Waals surface area (Å²) in [5.74, 6) is -0.745. The highest BCUT2D eigenvalue weighted by Crippen LogP contribution is 2.18. The fourth-order valence-electron chi connectivity index (χ4n) is 2.86. The van der Waals surface area contributed by atoms with Crippen molar-refractivity contribution in [1.29, 1.82) is 0 Å². The van der Waals surface area contributed by atoms with Crippen LogP contribution in [0.5, 0.6) is 0 Å². The highest BCUT2D eigenvalue weighted by atomic mass is 16.6.